The number of halogens is 1. The van der Waals surface area contributed by atoms with Gasteiger partial charge >= 0.3 is 0 Å². The van der Waals surface area contributed by atoms with Gasteiger partial charge in [-0.05, 0) is 48.3 Å². The standard InChI is InChI=1S/C16H20ClNO3/c1-4-8-18-15(12-7-9-21-16(12)17)11-5-6-13(19-2)14(10-11)20-3/h5-7,9-10,15,18H,4,8H2,1-3H3. The van der Waals surface area contributed by atoms with Crippen LogP contribution in [0.3, 0.4) is 0 Å². The number of nitrogens with one attached hydrogen (secondary N) is 1. The number of ether oxygens (including phenoxy) is 2. The summed E-state index contributed by atoms with van der Waals surface area (Å²) < 4.78 is 15.9. The molecule has 0 aliphatic rings. The summed E-state index contributed by atoms with van der Waals surface area (Å²) in [5.41, 5.74) is 1.96. The topological polar surface area (TPSA) is 43.6 Å². The Morgan fingerprint density at radius 2 is 1.95 bits per heavy atom. The number of benzene rings is 1. The van der Waals surface area contributed by atoms with Gasteiger partial charge in [0.25, 0.3) is 0 Å². The second kappa shape index (κ2) is 7.38. The van der Waals surface area contributed by atoms with E-state index in [-0.39, 0.29) is 6.04 Å². The van der Waals surface area contributed by atoms with Crippen LogP contribution in [0.5, 0.6) is 11.5 Å². The van der Waals surface area contributed by atoms with Crippen LogP contribution in [0.15, 0.2) is 34.9 Å². The van der Waals surface area contributed by atoms with Gasteiger partial charge in [-0.25, -0.2) is 0 Å². The molecule has 0 aliphatic carbocycles. The Bertz CT molecular complexity index is 583. The smallest absolute Gasteiger partial charge is 0.198 e. The predicted octanol–water partition coefficient (Wildman–Crippen LogP) is 4.04. The van der Waals surface area contributed by atoms with Gasteiger partial charge in [-0.2, -0.15) is 0 Å². The lowest BCUT2D eigenvalue weighted by Gasteiger charge is -2.19. The Morgan fingerprint density at radius 3 is 2.52 bits per heavy atom. The zero-order valence-corrected chi connectivity index (χ0v) is 13.2. The number of rotatable bonds is 7. The van der Waals surface area contributed by atoms with E-state index in [2.05, 4.69) is 12.2 Å². The van der Waals surface area contributed by atoms with E-state index in [1.807, 2.05) is 24.3 Å². The predicted molar refractivity (Wildman–Crippen MR) is 83.4 cm³/mol. The summed E-state index contributed by atoms with van der Waals surface area (Å²) in [6.07, 6.45) is 2.62. The second-order valence-corrected chi connectivity index (χ2v) is 4.99. The molecule has 0 bridgehead atoms. The highest BCUT2D eigenvalue weighted by molar-refractivity contribution is 6.29. The van der Waals surface area contributed by atoms with Crippen molar-refractivity contribution in [2.75, 3.05) is 20.8 Å². The van der Waals surface area contributed by atoms with E-state index < -0.39 is 0 Å². The second-order valence-electron chi connectivity index (χ2n) is 4.65. The van der Waals surface area contributed by atoms with E-state index >= 15 is 0 Å². The molecule has 0 amide bonds. The molecule has 1 aromatic heterocycles. The van der Waals surface area contributed by atoms with E-state index in [9.17, 15) is 0 Å². The van der Waals surface area contributed by atoms with Crippen molar-refractivity contribution >= 4 is 11.6 Å². The van der Waals surface area contributed by atoms with Gasteiger partial charge in [0.1, 0.15) is 0 Å². The summed E-state index contributed by atoms with van der Waals surface area (Å²) in [4.78, 5) is 0. The van der Waals surface area contributed by atoms with Gasteiger partial charge in [-0.15, -0.1) is 0 Å². The highest BCUT2D eigenvalue weighted by atomic mass is 35.5. The molecule has 2 rings (SSSR count). The Kier molecular flexibility index (Phi) is 5.53. The van der Waals surface area contributed by atoms with E-state index in [1.54, 1.807) is 20.5 Å². The summed E-state index contributed by atoms with van der Waals surface area (Å²) in [5, 5.41) is 3.88. The van der Waals surface area contributed by atoms with Crippen LogP contribution < -0.4 is 14.8 Å². The maximum Gasteiger partial charge on any atom is 0.198 e. The number of hydrogen-bond acceptors (Lipinski definition) is 4. The van der Waals surface area contributed by atoms with Crippen molar-refractivity contribution in [2.24, 2.45) is 0 Å². The van der Waals surface area contributed by atoms with Crippen LogP contribution in [-0.4, -0.2) is 20.8 Å². The van der Waals surface area contributed by atoms with Crippen molar-refractivity contribution in [1.29, 1.82) is 0 Å². The van der Waals surface area contributed by atoms with Crippen LogP contribution in [0.1, 0.15) is 30.5 Å². The molecule has 4 nitrogen and oxygen atoms in total. The fourth-order valence-corrected chi connectivity index (χ4v) is 2.46. The van der Waals surface area contributed by atoms with E-state index in [0.717, 1.165) is 24.1 Å². The molecule has 1 N–H and O–H groups in total. The first-order chi connectivity index (χ1) is 10.2. The highest BCUT2D eigenvalue weighted by Crippen LogP contribution is 2.34. The molecule has 114 valence electrons. The molecule has 2 aromatic rings. The van der Waals surface area contributed by atoms with Crippen molar-refractivity contribution in [3.05, 3.63) is 46.9 Å². The van der Waals surface area contributed by atoms with Crippen molar-refractivity contribution < 1.29 is 13.9 Å². The Hall–Kier alpha value is -1.65. The Labute approximate surface area is 130 Å². The molecule has 21 heavy (non-hydrogen) atoms. The van der Waals surface area contributed by atoms with Crippen molar-refractivity contribution in [2.45, 2.75) is 19.4 Å². The Morgan fingerprint density at radius 1 is 1.19 bits per heavy atom. The van der Waals surface area contributed by atoms with Crippen LogP contribution in [-0.2, 0) is 0 Å². The van der Waals surface area contributed by atoms with E-state index in [0.29, 0.717) is 16.7 Å². The average molecular weight is 310 g/mol. The first-order valence-corrected chi connectivity index (χ1v) is 7.27. The van der Waals surface area contributed by atoms with E-state index in [1.165, 1.54) is 0 Å². The SMILES string of the molecule is CCCNC(c1ccc(OC)c(OC)c1)c1ccoc1Cl. The molecule has 0 saturated heterocycles. The molecule has 0 spiro atoms. The van der Waals surface area contributed by atoms with Gasteiger partial charge in [0.05, 0.1) is 26.5 Å². The number of methoxy groups -OCH3 is 2. The van der Waals surface area contributed by atoms with Crippen molar-refractivity contribution in [3.8, 4) is 11.5 Å². The lowest BCUT2D eigenvalue weighted by Crippen LogP contribution is -2.23. The summed E-state index contributed by atoms with van der Waals surface area (Å²) in [7, 11) is 3.25. The van der Waals surface area contributed by atoms with E-state index in [4.69, 9.17) is 25.5 Å². The maximum absolute atomic E-state index is 6.13. The lowest BCUT2D eigenvalue weighted by molar-refractivity contribution is 0.354. The van der Waals surface area contributed by atoms with Crippen LogP contribution in [0.25, 0.3) is 0 Å². The third-order valence-electron chi connectivity index (χ3n) is 3.30. The van der Waals surface area contributed by atoms with Gasteiger partial charge in [-0.3, -0.25) is 0 Å². The molecule has 1 heterocycles. The van der Waals surface area contributed by atoms with Gasteiger partial charge in [0.15, 0.2) is 16.7 Å². The first kappa shape index (κ1) is 15.7. The zero-order chi connectivity index (χ0) is 15.2. The molecule has 0 saturated carbocycles. The minimum atomic E-state index is -0.0454. The molecule has 1 aromatic carbocycles. The van der Waals surface area contributed by atoms with Crippen LogP contribution in [0, 0.1) is 0 Å². The van der Waals surface area contributed by atoms with Crippen LogP contribution in [0.2, 0.25) is 5.22 Å². The molecule has 1 atom stereocenters. The van der Waals surface area contributed by atoms with Crippen LogP contribution >= 0.6 is 11.6 Å². The number of furan rings is 1. The first-order valence-electron chi connectivity index (χ1n) is 6.89. The fraction of sp³-hybridized carbons (Fsp3) is 0.375. The third-order valence-corrected chi connectivity index (χ3v) is 3.60. The molecule has 1 unspecified atom stereocenters. The maximum atomic E-state index is 6.13. The normalized spacial score (nSPS) is 12.2. The Balaban J connectivity index is 2.39. The molecular formula is C16H20ClNO3. The lowest BCUT2D eigenvalue weighted by atomic mass is 10.0. The van der Waals surface area contributed by atoms with Gasteiger partial charge in [0, 0.05) is 5.56 Å². The molecule has 0 fully saturated rings. The highest BCUT2D eigenvalue weighted by Gasteiger charge is 2.20. The largest absolute Gasteiger partial charge is 0.493 e. The quantitative estimate of drug-likeness (QED) is 0.838. The van der Waals surface area contributed by atoms with Gasteiger partial charge in [0.2, 0.25) is 0 Å². The molecule has 0 radical (unpaired) electrons. The fourth-order valence-electron chi connectivity index (χ4n) is 2.24. The summed E-state index contributed by atoms with van der Waals surface area (Å²) in [6, 6.07) is 7.68. The van der Waals surface area contributed by atoms with Gasteiger partial charge in [-0.1, -0.05) is 13.0 Å². The third kappa shape index (κ3) is 3.52. The van der Waals surface area contributed by atoms with Crippen molar-refractivity contribution in [3.63, 3.8) is 0 Å². The van der Waals surface area contributed by atoms with Gasteiger partial charge < -0.3 is 19.2 Å². The summed E-state index contributed by atoms with van der Waals surface area (Å²) in [6.45, 7) is 3.00. The van der Waals surface area contributed by atoms with Crippen LogP contribution in [0.4, 0.5) is 0 Å². The van der Waals surface area contributed by atoms with Crippen molar-refractivity contribution in [1.82, 2.24) is 5.32 Å². The molecular weight excluding hydrogens is 290 g/mol. The molecule has 5 heteroatoms. The zero-order valence-electron chi connectivity index (χ0n) is 12.5. The average Bonchev–Trinajstić information content (AvgIpc) is 2.93. The molecule has 0 aliphatic heterocycles. The summed E-state index contributed by atoms with van der Waals surface area (Å²) in [5.74, 6) is 1.40. The number of hydrogen-bond donors (Lipinski definition) is 1. The monoisotopic (exact) mass is 309 g/mol. The summed E-state index contributed by atoms with van der Waals surface area (Å²) >= 11 is 6.13. The minimum Gasteiger partial charge on any atom is -0.493 e. The minimum absolute atomic E-state index is 0.0454.